The van der Waals surface area contributed by atoms with Gasteiger partial charge in [0.1, 0.15) is 5.75 Å². The Morgan fingerprint density at radius 1 is 1.15 bits per heavy atom. The van der Waals surface area contributed by atoms with Crippen molar-refractivity contribution in [1.82, 2.24) is 0 Å². The number of hydrogen-bond acceptors (Lipinski definition) is 2. The third-order valence-corrected chi connectivity index (χ3v) is 3.36. The molecule has 0 aliphatic rings. The first-order chi connectivity index (χ1) is 9.47. The number of carbonyl (C=O) groups is 1. The average molecular weight is 307 g/mol. The molecule has 4 heteroatoms. The lowest BCUT2D eigenvalue weighted by Crippen LogP contribution is -1.95. The molecule has 2 aromatic rings. The van der Waals surface area contributed by atoms with Gasteiger partial charge in [-0.2, -0.15) is 0 Å². The van der Waals surface area contributed by atoms with Crippen molar-refractivity contribution in [2.75, 3.05) is 0 Å². The largest absolute Gasteiger partial charge is 0.507 e. The Bertz CT molecular complexity index is 691. The van der Waals surface area contributed by atoms with E-state index < -0.39 is 0 Å². The zero-order valence-electron chi connectivity index (χ0n) is 10.7. The van der Waals surface area contributed by atoms with E-state index in [9.17, 15) is 9.90 Å². The van der Waals surface area contributed by atoms with E-state index in [2.05, 4.69) is 0 Å². The maximum Gasteiger partial charge on any atom is 0.189 e. The predicted molar refractivity (Wildman–Crippen MR) is 82.7 cm³/mol. The molecule has 0 bridgehead atoms. The summed E-state index contributed by atoms with van der Waals surface area (Å²) in [5, 5.41) is 10.7. The van der Waals surface area contributed by atoms with Crippen molar-refractivity contribution in [3.8, 4) is 5.75 Å². The van der Waals surface area contributed by atoms with Gasteiger partial charge in [-0.15, -0.1) is 0 Å². The summed E-state index contributed by atoms with van der Waals surface area (Å²) in [5.74, 6) is -0.315. The fourth-order valence-corrected chi connectivity index (χ4v) is 2.21. The lowest BCUT2D eigenvalue weighted by Gasteiger charge is -2.02. The monoisotopic (exact) mass is 306 g/mol. The zero-order valence-corrected chi connectivity index (χ0v) is 12.2. The van der Waals surface area contributed by atoms with E-state index in [1.807, 2.05) is 6.92 Å². The average Bonchev–Trinajstić information content (AvgIpc) is 2.40. The molecule has 0 saturated heterocycles. The number of aromatic hydroxyl groups is 1. The van der Waals surface area contributed by atoms with Crippen LogP contribution in [0.3, 0.4) is 0 Å². The van der Waals surface area contributed by atoms with Gasteiger partial charge in [-0.1, -0.05) is 40.9 Å². The van der Waals surface area contributed by atoms with Gasteiger partial charge >= 0.3 is 0 Å². The second-order valence-electron chi connectivity index (χ2n) is 4.38. The Morgan fingerprint density at radius 2 is 1.90 bits per heavy atom. The number of carbonyl (C=O) groups excluding carboxylic acids is 1. The van der Waals surface area contributed by atoms with Crippen LogP contribution in [0.15, 0.2) is 42.5 Å². The predicted octanol–water partition coefficient (Wildman–Crippen LogP) is 4.90. The number of phenolic OH excluding ortho intramolecular Hbond substituents is 1. The standard InChI is InChI=1S/C16H12Cl2O2/c1-10-2-6-15(19)13(8-10)16(20)7-4-11-3-5-12(17)9-14(11)18/h2-9,19H,1H3/b7-4+. The molecular formula is C16H12Cl2O2. The highest BCUT2D eigenvalue weighted by atomic mass is 35.5. The van der Waals surface area contributed by atoms with E-state index in [0.29, 0.717) is 15.6 Å². The molecule has 0 heterocycles. The summed E-state index contributed by atoms with van der Waals surface area (Å²) in [7, 11) is 0. The lowest BCUT2D eigenvalue weighted by molar-refractivity contribution is 0.104. The first-order valence-electron chi connectivity index (χ1n) is 5.94. The number of allylic oxidation sites excluding steroid dienone is 1. The van der Waals surface area contributed by atoms with Crippen LogP contribution in [0.1, 0.15) is 21.5 Å². The second-order valence-corrected chi connectivity index (χ2v) is 5.23. The van der Waals surface area contributed by atoms with Crippen molar-refractivity contribution >= 4 is 35.1 Å². The third-order valence-electron chi connectivity index (χ3n) is 2.79. The van der Waals surface area contributed by atoms with Gasteiger partial charge < -0.3 is 5.11 Å². The molecule has 0 unspecified atom stereocenters. The number of halogens is 2. The Hall–Kier alpha value is -1.77. The van der Waals surface area contributed by atoms with Crippen LogP contribution >= 0.6 is 23.2 Å². The minimum absolute atomic E-state index is 0.0348. The molecule has 2 aromatic carbocycles. The molecule has 20 heavy (non-hydrogen) atoms. The van der Waals surface area contributed by atoms with Crippen molar-refractivity contribution in [3.63, 3.8) is 0 Å². The molecule has 0 aromatic heterocycles. The summed E-state index contributed by atoms with van der Waals surface area (Å²) in [6, 6.07) is 9.92. The number of aryl methyl sites for hydroxylation is 1. The minimum atomic E-state index is -0.280. The van der Waals surface area contributed by atoms with Gasteiger partial charge in [-0.05, 0) is 48.9 Å². The van der Waals surface area contributed by atoms with E-state index in [1.54, 1.807) is 36.4 Å². The summed E-state index contributed by atoms with van der Waals surface area (Å²) in [5.41, 5.74) is 1.87. The highest BCUT2D eigenvalue weighted by Gasteiger charge is 2.08. The van der Waals surface area contributed by atoms with E-state index in [1.165, 1.54) is 12.1 Å². The van der Waals surface area contributed by atoms with Gasteiger partial charge in [0.2, 0.25) is 0 Å². The molecular weight excluding hydrogens is 295 g/mol. The fraction of sp³-hybridized carbons (Fsp3) is 0.0625. The van der Waals surface area contributed by atoms with Crippen LogP contribution in [-0.4, -0.2) is 10.9 Å². The van der Waals surface area contributed by atoms with Gasteiger partial charge in [-0.3, -0.25) is 4.79 Å². The lowest BCUT2D eigenvalue weighted by atomic mass is 10.1. The first-order valence-corrected chi connectivity index (χ1v) is 6.70. The van der Waals surface area contributed by atoms with E-state index in [4.69, 9.17) is 23.2 Å². The molecule has 1 N–H and O–H groups in total. The maximum atomic E-state index is 12.1. The molecule has 2 nitrogen and oxygen atoms in total. The van der Waals surface area contributed by atoms with Crippen LogP contribution in [0.5, 0.6) is 5.75 Å². The highest BCUT2D eigenvalue weighted by Crippen LogP contribution is 2.23. The van der Waals surface area contributed by atoms with Crippen molar-refractivity contribution < 1.29 is 9.90 Å². The van der Waals surface area contributed by atoms with Gasteiger partial charge in [0.05, 0.1) is 5.56 Å². The Morgan fingerprint density at radius 3 is 2.60 bits per heavy atom. The molecule has 0 fully saturated rings. The highest BCUT2D eigenvalue weighted by molar-refractivity contribution is 6.35. The van der Waals surface area contributed by atoms with Crippen LogP contribution in [0, 0.1) is 6.92 Å². The fourth-order valence-electron chi connectivity index (χ4n) is 1.74. The van der Waals surface area contributed by atoms with Crippen molar-refractivity contribution in [2.45, 2.75) is 6.92 Å². The van der Waals surface area contributed by atoms with Crippen LogP contribution < -0.4 is 0 Å². The molecule has 0 aliphatic carbocycles. The number of phenols is 1. The molecule has 0 radical (unpaired) electrons. The van der Waals surface area contributed by atoms with Gasteiger partial charge in [0.15, 0.2) is 5.78 Å². The first kappa shape index (κ1) is 14.6. The van der Waals surface area contributed by atoms with Crippen molar-refractivity contribution in [3.05, 3.63) is 69.2 Å². The molecule has 0 aliphatic heterocycles. The van der Waals surface area contributed by atoms with Crippen LogP contribution in [0.4, 0.5) is 0 Å². The Kier molecular flexibility index (Phi) is 4.48. The summed E-state index contributed by atoms with van der Waals surface area (Å²) in [6.45, 7) is 1.86. The number of hydrogen-bond donors (Lipinski definition) is 1. The quantitative estimate of drug-likeness (QED) is 0.646. The summed E-state index contributed by atoms with van der Waals surface area (Å²) in [6.07, 6.45) is 2.98. The topological polar surface area (TPSA) is 37.3 Å². The van der Waals surface area contributed by atoms with Gasteiger partial charge in [-0.25, -0.2) is 0 Å². The third kappa shape index (κ3) is 3.41. The van der Waals surface area contributed by atoms with E-state index >= 15 is 0 Å². The zero-order chi connectivity index (χ0) is 14.7. The minimum Gasteiger partial charge on any atom is -0.507 e. The summed E-state index contributed by atoms with van der Waals surface area (Å²) in [4.78, 5) is 12.1. The Labute approximate surface area is 127 Å². The number of ketones is 1. The van der Waals surface area contributed by atoms with Crippen LogP contribution in [0.2, 0.25) is 10.0 Å². The maximum absolute atomic E-state index is 12.1. The van der Waals surface area contributed by atoms with Gasteiger partial charge in [0.25, 0.3) is 0 Å². The molecule has 102 valence electrons. The SMILES string of the molecule is Cc1ccc(O)c(C(=O)/C=C/c2ccc(Cl)cc2Cl)c1. The normalized spacial score (nSPS) is 10.9. The smallest absolute Gasteiger partial charge is 0.189 e. The summed E-state index contributed by atoms with van der Waals surface area (Å²) < 4.78 is 0. The molecule has 0 saturated carbocycles. The summed E-state index contributed by atoms with van der Waals surface area (Å²) >= 11 is 11.8. The molecule has 0 spiro atoms. The number of rotatable bonds is 3. The van der Waals surface area contributed by atoms with E-state index in [-0.39, 0.29) is 17.1 Å². The Balaban J connectivity index is 2.27. The van der Waals surface area contributed by atoms with Crippen LogP contribution in [0.25, 0.3) is 6.08 Å². The second kappa shape index (κ2) is 6.12. The molecule has 0 amide bonds. The van der Waals surface area contributed by atoms with Gasteiger partial charge in [0, 0.05) is 10.0 Å². The van der Waals surface area contributed by atoms with Crippen LogP contribution in [-0.2, 0) is 0 Å². The molecule has 0 atom stereocenters. The molecule has 2 rings (SSSR count). The van der Waals surface area contributed by atoms with E-state index in [0.717, 1.165) is 5.56 Å². The van der Waals surface area contributed by atoms with Crippen molar-refractivity contribution in [1.29, 1.82) is 0 Å². The number of benzene rings is 2. The van der Waals surface area contributed by atoms with Crippen molar-refractivity contribution in [2.24, 2.45) is 0 Å².